The number of methoxy groups -OCH3 is 2. The van der Waals surface area contributed by atoms with Crippen molar-refractivity contribution in [1.82, 2.24) is 10.6 Å². The molecule has 0 radical (unpaired) electrons. The van der Waals surface area contributed by atoms with Gasteiger partial charge in [-0.3, -0.25) is 9.59 Å². The van der Waals surface area contributed by atoms with Crippen LogP contribution in [0.4, 0.5) is 0 Å². The molecule has 0 fully saturated rings. The van der Waals surface area contributed by atoms with Crippen LogP contribution in [0.1, 0.15) is 17.5 Å². The minimum atomic E-state index is -0.110. The molecule has 27 heavy (non-hydrogen) atoms. The third-order valence-corrected chi connectivity index (χ3v) is 4.07. The van der Waals surface area contributed by atoms with Crippen molar-refractivity contribution >= 4 is 11.8 Å². The summed E-state index contributed by atoms with van der Waals surface area (Å²) in [6.45, 7) is 0.800. The fourth-order valence-corrected chi connectivity index (χ4v) is 2.63. The van der Waals surface area contributed by atoms with E-state index in [1.807, 2.05) is 36.4 Å². The van der Waals surface area contributed by atoms with Crippen LogP contribution in [0.25, 0.3) is 0 Å². The van der Waals surface area contributed by atoms with Crippen LogP contribution in [-0.2, 0) is 22.4 Å². The van der Waals surface area contributed by atoms with Gasteiger partial charge in [0.05, 0.1) is 20.6 Å². The lowest BCUT2D eigenvalue weighted by molar-refractivity contribution is -0.122. The minimum Gasteiger partial charge on any atom is -0.493 e. The molecule has 0 unspecified atom stereocenters. The van der Waals surface area contributed by atoms with Crippen LogP contribution in [-0.4, -0.2) is 39.1 Å². The molecular formula is C21H26N2O4. The van der Waals surface area contributed by atoms with Gasteiger partial charge in [-0.05, 0) is 29.7 Å². The van der Waals surface area contributed by atoms with Crippen molar-refractivity contribution in [1.29, 1.82) is 0 Å². The molecule has 0 aliphatic carbocycles. The summed E-state index contributed by atoms with van der Waals surface area (Å²) < 4.78 is 10.4. The number of hydrogen-bond donors (Lipinski definition) is 2. The van der Waals surface area contributed by atoms with Crippen molar-refractivity contribution in [3.8, 4) is 11.5 Å². The summed E-state index contributed by atoms with van der Waals surface area (Å²) in [5.74, 6) is 1.09. The van der Waals surface area contributed by atoms with Crippen LogP contribution in [0.5, 0.6) is 11.5 Å². The van der Waals surface area contributed by atoms with Gasteiger partial charge in [0, 0.05) is 19.5 Å². The molecule has 0 bridgehead atoms. The fourth-order valence-electron chi connectivity index (χ4n) is 2.63. The third-order valence-electron chi connectivity index (χ3n) is 4.07. The first-order chi connectivity index (χ1) is 13.1. The minimum absolute atomic E-state index is 0.0204. The van der Waals surface area contributed by atoms with Crippen molar-refractivity contribution in [2.24, 2.45) is 0 Å². The van der Waals surface area contributed by atoms with Crippen LogP contribution in [0.2, 0.25) is 0 Å². The molecule has 2 N–H and O–H groups in total. The molecule has 2 rings (SSSR count). The highest BCUT2D eigenvalue weighted by molar-refractivity contribution is 5.79. The second kappa shape index (κ2) is 10.9. The number of amides is 2. The molecule has 0 spiro atoms. The number of benzene rings is 2. The number of hydrogen-bond acceptors (Lipinski definition) is 4. The number of carbonyl (C=O) groups is 2. The van der Waals surface area contributed by atoms with Gasteiger partial charge in [-0.2, -0.15) is 0 Å². The van der Waals surface area contributed by atoms with Crippen LogP contribution in [0.15, 0.2) is 48.5 Å². The van der Waals surface area contributed by atoms with E-state index in [1.54, 1.807) is 26.4 Å². The lowest BCUT2D eigenvalue weighted by Crippen LogP contribution is -2.35. The lowest BCUT2D eigenvalue weighted by Gasteiger charge is -2.10. The van der Waals surface area contributed by atoms with Crippen molar-refractivity contribution in [2.45, 2.75) is 19.3 Å². The number of rotatable bonds is 10. The molecule has 2 amide bonds. The Balaban J connectivity index is 1.65. The molecule has 0 aliphatic heterocycles. The van der Waals surface area contributed by atoms with Crippen molar-refractivity contribution in [3.63, 3.8) is 0 Å². The van der Waals surface area contributed by atoms with E-state index in [0.29, 0.717) is 37.4 Å². The maximum Gasteiger partial charge on any atom is 0.224 e. The third kappa shape index (κ3) is 7.01. The van der Waals surface area contributed by atoms with Gasteiger partial charge >= 0.3 is 0 Å². The Morgan fingerprint density at radius 1 is 0.815 bits per heavy atom. The SMILES string of the molecule is COc1ccc(CC(=O)NCCNC(=O)CCc2ccccc2)cc1OC. The number of aryl methyl sites for hydroxylation is 1. The topological polar surface area (TPSA) is 76.7 Å². The van der Waals surface area contributed by atoms with Crippen LogP contribution in [0.3, 0.4) is 0 Å². The van der Waals surface area contributed by atoms with Gasteiger partial charge in [0.25, 0.3) is 0 Å². The summed E-state index contributed by atoms with van der Waals surface area (Å²) >= 11 is 0. The van der Waals surface area contributed by atoms with Gasteiger partial charge in [-0.25, -0.2) is 0 Å². The van der Waals surface area contributed by atoms with Crippen molar-refractivity contribution in [2.75, 3.05) is 27.3 Å². The Kier molecular flexibility index (Phi) is 8.16. The van der Waals surface area contributed by atoms with E-state index in [4.69, 9.17) is 9.47 Å². The largest absolute Gasteiger partial charge is 0.493 e. The number of ether oxygens (including phenoxy) is 2. The first kappa shape index (κ1) is 20.3. The van der Waals surface area contributed by atoms with E-state index in [9.17, 15) is 9.59 Å². The molecule has 0 atom stereocenters. The number of carbonyl (C=O) groups excluding carboxylic acids is 2. The predicted molar refractivity (Wildman–Crippen MR) is 104 cm³/mol. The zero-order valence-electron chi connectivity index (χ0n) is 15.8. The maximum atomic E-state index is 12.0. The Bertz CT molecular complexity index is 747. The zero-order valence-corrected chi connectivity index (χ0v) is 15.8. The van der Waals surface area contributed by atoms with Crippen molar-refractivity contribution in [3.05, 3.63) is 59.7 Å². The average Bonchev–Trinajstić information content (AvgIpc) is 2.70. The van der Waals surface area contributed by atoms with Crippen LogP contribution >= 0.6 is 0 Å². The fraction of sp³-hybridized carbons (Fsp3) is 0.333. The first-order valence-electron chi connectivity index (χ1n) is 8.90. The highest BCUT2D eigenvalue weighted by atomic mass is 16.5. The Labute approximate surface area is 159 Å². The van der Waals surface area contributed by atoms with E-state index in [0.717, 1.165) is 11.1 Å². The Morgan fingerprint density at radius 2 is 1.48 bits per heavy atom. The smallest absolute Gasteiger partial charge is 0.224 e. The Morgan fingerprint density at radius 3 is 2.15 bits per heavy atom. The normalized spacial score (nSPS) is 10.1. The molecule has 6 heteroatoms. The highest BCUT2D eigenvalue weighted by Crippen LogP contribution is 2.27. The zero-order chi connectivity index (χ0) is 19.5. The molecule has 0 saturated carbocycles. The summed E-state index contributed by atoms with van der Waals surface area (Å²) in [7, 11) is 3.13. The summed E-state index contributed by atoms with van der Waals surface area (Å²) in [5, 5.41) is 5.62. The maximum absolute atomic E-state index is 12.0. The quantitative estimate of drug-likeness (QED) is 0.628. The van der Waals surface area contributed by atoms with E-state index in [-0.39, 0.29) is 18.2 Å². The van der Waals surface area contributed by atoms with Gasteiger partial charge in [0.1, 0.15) is 0 Å². The van der Waals surface area contributed by atoms with Gasteiger partial charge in [-0.1, -0.05) is 36.4 Å². The predicted octanol–water partition coefficient (Wildman–Crippen LogP) is 2.11. The summed E-state index contributed by atoms with van der Waals surface area (Å²) in [5.41, 5.74) is 1.97. The standard InChI is InChI=1S/C21H26N2O4/c1-26-18-10-8-17(14-19(18)27-2)15-21(25)23-13-12-22-20(24)11-9-16-6-4-3-5-7-16/h3-8,10,14H,9,11-13,15H2,1-2H3,(H,22,24)(H,23,25). The summed E-state index contributed by atoms with van der Waals surface area (Å²) in [6, 6.07) is 15.3. The molecule has 6 nitrogen and oxygen atoms in total. The number of nitrogens with one attached hydrogen (secondary N) is 2. The second-order valence-electron chi connectivity index (χ2n) is 6.05. The van der Waals surface area contributed by atoms with Gasteiger partial charge in [-0.15, -0.1) is 0 Å². The van der Waals surface area contributed by atoms with E-state index >= 15 is 0 Å². The molecule has 2 aromatic carbocycles. The van der Waals surface area contributed by atoms with Gasteiger partial charge in [0.2, 0.25) is 11.8 Å². The highest BCUT2D eigenvalue weighted by Gasteiger charge is 2.08. The summed E-state index contributed by atoms with van der Waals surface area (Å²) in [4.78, 5) is 23.9. The molecule has 2 aromatic rings. The van der Waals surface area contributed by atoms with Gasteiger partial charge < -0.3 is 20.1 Å². The lowest BCUT2D eigenvalue weighted by atomic mass is 10.1. The van der Waals surface area contributed by atoms with Crippen molar-refractivity contribution < 1.29 is 19.1 Å². The second-order valence-corrected chi connectivity index (χ2v) is 6.05. The first-order valence-corrected chi connectivity index (χ1v) is 8.90. The molecular weight excluding hydrogens is 344 g/mol. The monoisotopic (exact) mass is 370 g/mol. The Hall–Kier alpha value is -3.02. The molecule has 0 saturated heterocycles. The molecule has 0 aromatic heterocycles. The van der Waals surface area contributed by atoms with Gasteiger partial charge in [0.15, 0.2) is 11.5 Å². The molecule has 0 heterocycles. The van der Waals surface area contributed by atoms with Crippen LogP contribution in [0, 0.1) is 0 Å². The van der Waals surface area contributed by atoms with E-state index in [1.165, 1.54) is 0 Å². The average molecular weight is 370 g/mol. The molecule has 0 aliphatic rings. The van der Waals surface area contributed by atoms with E-state index in [2.05, 4.69) is 10.6 Å². The molecule has 144 valence electrons. The summed E-state index contributed by atoms with van der Waals surface area (Å²) in [6.07, 6.45) is 1.38. The van der Waals surface area contributed by atoms with E-state index < -0.39 is 0 Å². The van der Waals surface area contributed by atoms with Crippen LogP contribution < -0.4 is 20.1 Å².